The molecule has 8 heteroatoms. The summed E-state index contributed by atoms with van der Waals surface area (Å²) >= 11 is 0. The standard InChI is InChI=1S/C10H10F3N3O2/c1-15(2)9-7(5-6-16(17)18)3-4-8(14-9)10(11,12)13/h3-6H,1-2H3/b6-5+. The Bertz CT molecular complexity index is 484. The quantitative estimate of drug-likeness (QED) is 0.619. The van der Waals surface area contributed by atoms with E-state index in [1.54, 1.807) is 0 Å². The van der Waals surface area contributed by atoms with Gasteiger partial charge in [-0.2, -0.15) is 13.2 Å². The predicted molar refractivity (Wildman–Crippen MR) is 59.6 cm³/mol. The van der Waals surface area contributed by atoms with E-state index in [0.29, 0.717) is 6.20 Å². The molecule has 0 spiro atoms. The molecule has 18 heavy (non-hydrogen) atoms. The van der Waals surface area contributed by atoms with Crippen LogP contribution in [-0.4, -0.2) is 24.0 Å². The minimum Gasteiger partial charge on any atom is -0.362 e. The highest BCUT2D eigenvalue weighted by atomic mass is 19.4. The lowest BCUT2D eigenvalue weighted by atomic mass is 10.2. The lowest BCUT2D eigenvalue weighted by Crippen LogP contribution is -2.16. The Hall–Kier alpha value is -2.12. The van der Waals surface area contributed by atoms with Crippen LogP contribution in [0, 0.1) is 10.1 Å². The van der Waals surface area contributed by atoms with E-state index in [9.17, 15) is 23.3 Å². The molecule has 0 unspecified atom stereocenters. The molecule has 0 aromatic carbocycles. The fourth-order valence-corrected chi connectivity index (χ4v) is 1.25. The summed E-state index contributed by atoms with van der Waals surface area (Å²) in [4.78, 5) is 14.3. The van der Waals surface area contributed by atoms with E-state index >= 15 is 0 Å². The highest BCUT2D eigenvalue weighted by Gasteiger charge is 2.33. The van der Waals surface area contributed by atoms with Crippen molar-refractivity contribution in [3.05, 3.63) is 39.7 Å². The summed E-state index contributed by atoms with van der Waals surface area (Å²) in [5.41, 5.74) is -0.797. The summed E-state index contributed by atoms with van der Waals surface area (Å²) in [6.45, 7) is 0. The number of halogens is 3. The first-order valence-electron chi connectivity index (χ1n) is 4.79. The molecule has 98 valence electrons. The van der Waals surface area contributed by atoms with E-state index in [4.69, 9.17) is 0 Å². The van der Waals surface area contributed by atoms with E-state index in [-0.39, 0.29) is 11.4 Å². The molecule has 1 heterocycles. The van der Waals surface area contributed by atoms with Crippen LogP contribution < -0.4 is 4.90 Å². The Kier molecular flexibility index (Phi) is 3.89. The fraction of sp³-hybridized carbons (Fsp3) is 0.300. The molecule has 1 aromatic rings. The average molecular weight is 261 g/mol. The molecule has 0 radical (unpaired) electrons. The molecule has 0 saturated carbocycles. The molecular weight excluding hydrogens is 251 g/mol. The van der Waals surface area contributed by atoms with E-state index in [1.165, 1.54) is 19.0 Å². The van der Waals surface area contributed by atoms with Gasteiger partial charge < -0.3 is 4.90 Å². The summed E-state index contributed by atoms with van der Waals surface area (Å²) in [6, 6.07) is 1.93. The van der Waals surface area contributed by atoms with E-state index in [1.807, 2.05) is 0 Å². The number of nitro groups is 1. The molecule has 0 saturated heterocycles. The van der Waals surface area contributed by atoms with E-state index in [0.717, 1.165) is 18.2 Å². The largest absolute Gasteiger partial charge is 0.433 e. The summed E-state index contributed by atoms with van der Waals surface area (Å²) in [5, 5.41) is 10.2. The molecule has 0 amide bonds. The molecule has 0 atom stereocenters. The van der Waals surface area contributed by atoms with Gasteiger partial charge in [0.2, 0.25) is 6.20 Å². The number of hydrogen-bond acceptors (Lipinski definition) is 4. The second kappa shape index (κ2) is 5.03. The second-order valence-electron chi connectivity index (χ2n) is 3.60. The van der Waals surface area contributed by atoms with Crippen LogP contribution in [0.25, 0.3) is 6.08 Å². The highest BCUT2D eigenvalue weighted by Crippen LogP contribution is 2.30. The molecule has 0 aliphatic heterocycles. The van der Waals surface area contributed by atoms with Crippen molar-refractivity contribution < 1.29 is 18.1 Å². The SMILES string of the molecule is CN(C)c1nc(C(F)(F)F)ccc1/C=C/[N+](=O)[O-]. The first kappa shape index (κ1) is 13.9. The molecular formula is C10H10F3N3O2. The van der Waals surface area contributed by atoms with Crippen LogP contribution in [0.3, 0.4) is 0 Å². The van der Waals surface area contributed by atoms with Gasteiger partial charge in [-0.25, -0.2) is 4.98 Å². The van der Waals surface area contributed by atoms with Crippen LogP contribution in [0.1, 0.15) is 11.3 Å². The number of rotatable bonds is 3. The van der Waals surface area contributed by atoms with Gasteiger partial charge in [0, 0.05) is 25.7 Å². The number of aromatic nitrogens is 1. The van der Waals surface area contributed by atoms with Gasteiger partial charge in [-0.1, -0.05) is 0 Å². The lowest BCUT2D eigenvalue weighted by molar-refractivity contribution is -0.400. The van der Waals surface area contributed by atoms with Crippen LogP contribution in [0.15, 0.2) is 18.3 Å². The average Bonchev–Trinajstić information content (AvgIpc) is 2.24. The van der Waals surface area contributed by atoms with Crippen molar-refractivity contribution >= 4 is 11.9 Å². The van der Waals surface area contributed by atoms with Gasteiger partial charge in [-0.05, 0) is 12.1 Å². The molecule has 0 aliphatic carbocycles. The third-order valence-corrected chi connectivity index (χ3v) is 2.00. The highest BCUT2D eigenvalue weighted by molar-refractivity contribution is 5.63. The predicted octanol–water partition coefficient (Wildman–Crippen LogP) is 2.41. The van der Waals surface area contributed by atoms with Crippen LogP contribution in [0.2, 0.25) is 0 Å². The zero-order valence-corrected chi connectivity index (χ0v) is 9.60. The molecule has 0 aliphatic rings. The molecule has 0 bridgehead atoms. The second-order valence-corrected chi connectivity index (χ2v) is 3.60. The Morgan fingerprint density at radius 3 is 2.44 bits per heavy atom. The van der Waals surface area contributed by atoms with Crippen molar-refractivity contribution in [2.24, 2.45) is 0 Å². The molecule has 1 aromatic heterocycles. The van der Waals surface area contributed by atoms with Crippen molar-refractivity contribution in [3.8, 4) is 0 Å². The number of nitrogens with zero attached hydrogens (tertiary/aromatic N) is 3. The van der Waals surface area contributed by atoms with Gasteiger partial charge in [0.05, 0.1) is 4.92 Å². The Morgan fingerprint density at radius 1 is 1.39 bits per heavy atom. The third kappa shape index (κ3) is 3.44. The Labute approximate surface area is 101 Å². The van der Waals surface area contributed by atoms with Gasteiger partial charge in [0.25, 0.3) is 0 Å². The van der Waals surface area contributed by atoms with Crippen LogP contribution in [0.5, 0.6) is 0 Å². The first-order chi connectivity index (χ1) is 8.21. The summed E-state index contributed by atoms with van der Waals surface area (Å²) in [5.74, 6) is 0.0166. The fourth-order valence-electron chi connectivity index (χ4n) is 1.25. The Morgan fingerprint density at radius 2 is 2.00 bits per heavy atom. The van der Waals surface area contributed by atoms with Gasteiger partial charge in [-0.15, -0.1) is 0 Å². The van der Waals surface area contributed by atoms with Gasteiger partial charge in [-0.3, -0.25) is 10.1 Å². The van der Waals surface area contributed by atoms with Gasteiger partial charge in [0.1, 0.15) is 11.5 Å². The van der Waals surface area contributed by atoms with Crippen molar-refractivity contribution in [2.45, 2.75) is 6.18 Å². The monoisotopic (exact) mass is 261 g/mol. The maximum atomic E-state index is 12.5. The molecule has 0 N–H and O–H groups in total. The maximum Gasteiger partial charge on any atom is 0.433 e. The van der Waals surface area contributed by atoms with Crippen molar-refractivity contribution in [1.29, 1.82) is 0 Å². The van der Waals surface area contributed by atoms with Gasteiger partial charge in [0.15, 0.2) is 0 Å². The van der Waals surface area contributed by atoms with Gasteiger partial charge >= 0.3 is 6.18 Å². The topological polar surface area (TPSA) is 59.3 Å². The smallest absolute Gasteiger partial charge is 0.362 e. The van der Waals surface area contributed by atoms with Crippen molar-refractivity contribution in [1.82, 2.24) is 4.98 Å². The summed E-state index contributed by atoms with van der Waals surface area (Å²) in [7, 11) is 3.01. The zero-order valence-electron chi connectivity index (χ0n) is 9.60. The zero-order chi connectivity index (χ0) is 13.9. The molecule has 5 nitrogen and oxygen atoms in total. The molecule has 0 fully saturated rings. The van der Waals surface area contributed by atoms with Crippen molar-refractivity contribution in [3.63, 3.8) is 0 Å². The number of pyridine rings is 1. The number of anilines is 1. The lowest BCUT2D eigenvalue weighted by Gasteiger charge is -2.16. The Balaban J connectivity index is 3.25. The minimum atomic E-state index is -4.55. The maximum absolute atomic E-state index is 12.5. The number of hydrogen-bond donors (Lipinski definition) is 0. The summed E-state index contributed by atoms with van der Waals surface area (Å²) in [6.07, 6.45) is -2.80. The van der Waals surface area contributed by atoms with Crippen molar-refractivity contribution in [2.75, 3.05) is 19.0 Å². The number of alkyl halides is 3. The van der Waals surface area contributed by atoms with E-state index < -0.39 is 16.8 Å². The molecule has 1 rings (SSSR count). The van der Waals surface area contributed by atoms with Crippen LogP contribution in [0.4, 0.5) is 19.0 Å². The third-order valence-electron chi connectivity index (χ3n) is 2.00. The van der Waals surface area contributed by atoms with Crippen LogP contribution in [-0.2, 0) is 6.18 Å². The first-order valence-corrected chi connectivity index (χ1v) is 4.79. The summed E-state index contributed by atoms with van der Waals surface area (Å²) < 4.78 is 37.4. The van der Waals surface area contributed by atoms with E-state index in [2.05, 4.69) is 4.98 Å². The minimum absolute atomic E-state index is 0.0166. The normalized spacial score (nSPS) is 11.8. The van der Waals surface area contributed by atoms with Crippen LogP contribution >= 0.6 is 0 Å².